The molecule has 0 saturated heterocycles. The SMILES string of the molecule is O=C(c1ccc(F)c(Br)c1)c1cccc2ccccc12. The first kappa shape index (κ1) is 13.0. The van der Waals surface area contributed by atoms with Gasteiger partial charge >= 0.3 is 0 Å². The fourth-order valence-corrected chi connectivity index (χ4v) is 2.60. The number of halogens is 2. The molecule has 1 nitrogen and oxygen atoms in total. The van der Waals surface area contributed by atoms with E-state index in [1.807, 2.05) is 36.4 Å². The lowest BCUT2D eigenvalue weighted by atomic mass is 9.97. The number of ketones is 1. The quantitative estimate of drug-likeness (QED) is 0.607. The third kappa shape index (κ3) is 2.25. The van der Waals surface area contributed by atoms with E-state index in [4.69, 9.17) is 0 Å². The normalized spacial score (nSPS) is 10.7. The molecule has 0 aliphatic carbocycles. The number of carbonyl (C=O) groups excluding carboxylic acids is 1. The lowest BCUT2D eigenvalue weighted by molar-refractivity contribution is 0.104. The van der Waals surface area contributed by atoms with Crippen LogP contribution in [0.1, 0.15) is 15.9 Å². The van der Waals surface area contributed by atoms with Crippen LogP contribution in [0.25, 0.3) is 10.8 Å². The zero-order valence-electron chi connectivity index (χ0n) is 10.4. The molecule has 0 aliphatic rings. The molecule has 20 heavy (non-hydrogen) atoms. The van der Waals surface area contributed by atoms with Crippen molar-refractivity contribution in [3.63, 3.8) is 0 Å². The highest BCUT2D eigenvalue weighted by Gasteiger charge is 2.13. The lowest BCUT2D eigenvalue weighted by Gasteiger charge is -2.06. The Labute approximate surface area is 124 Å². The zero-order chi connectivity index (χ0) is 14.1. The Morgan fingerprint density at radius 1 is 0.950 bits per heavy atom. The van der Waals surface area contributed by atoms with Crippen molar-refractivity contribution in [2.45, 2.75) is 0 Å². The van der Waals surface area contributed by atoms with Gasteiger partial charge in [-0.3, -0.25) is 4.79 Å². The summed E-state index contributed by atoms with van der Waals surface area (Å²) in [5.41, 5.74) is 1.09. The van der Waals surface area contributed by atoms with Gasteiger partial charge in [-0.2, -0.15) is 0 Å². The van der Waals surface area contributed by atoms with Crippen LogP contribution >= 0.6 is 15.9 Å². The number of fused-ring (bicyclic) bond motifs is 1. The molecule has 98 valence electrons. The number of carbonyl (C=O) groups is 1. The van der Waals surface area contributed by atoms with Crippen molar-refractivity contribution < 1.29 is 9.18 Å². The molecule has 0 saturated carbocycles. The van der Waals surface area contributed by atoms with Gasteiger partial charge in [0.2, 0.25) is 0 Å². The largest absolute Gasteiger partial charge is 0.289 e. The monoisotopic (exact) mass is 328 g/mol. The molecule has 3 aromatic carbocycles. The van der Waals surface area contributed by atoms with Gasteiger partial charge < -0.3 is 0 Å². The minimum Gasteiger partial charge on any atom is -0.289 e. The summed E-state index contributed by atoms with van der Waals surface area (Å²) in [5, 5.41) is 1.92. The van der Waals surface area contributed by atoms with Gasteiger partial charge in [-0.05, 0) is 44.9 Å². The van der Waals surface area contributed by atoms with E-state index in [9.17, 15) is 9.18 Å². The molecule has 0 N–H and O–H groups in total. The van der Waals surface area contributed by atoms with Crippen LogP contribution in [0.4, 0.5) is 4.39 Å². The average molecular weight is 329 g/mol. The fourth-order valence-electron chi connectivity index (χ4n) is 2.22. The van der Waals surface area contributed by atoms with Crippen molar-refractivity contribution in [2.75, 3.05) is 0 Å². The van der Waals surface area contributed by atoms with E-state index in [-0.39, 0.29) is 11.6 Å². The van der Waals surface area contributed by atoms with Gasteiger partial charge in [-0.25, -0.2) is 4.39 Å². The van der Waals surface area contributed by atoms with E-state index < -0.39 is 0 Å². The molecule has 3 aromatic rings. The molecule has 0 aromatic heterocycles. The second kappa shape index (κ2) is 5.17. The van der Waals surface area contributed by atoms with Crippen molar-refractivity contribution in [1.82, 2.24) is 0 Å². The van der Waals surface area contributed by atoms with Crippen LogP contribution in [0.3, 0.4) is 0 Å². The van der Waals surface area contributed by atoms with Crippen LogP contribution in [0, 0.1) is 5.82 Å². The number of hydrogen-bond acceptors (Lipinski definition) is 1. The second-order valence-electron chi connectivity index (χ2n) is 4.48. The summed E-state index contributed by atoms with van der Waals surface area (Å²) in [4.78, 5) is 12.6. The van der Waals surface area contributed by atoms with Crippen LogP contribution in [0.2, 0.25) is 0 Å². The van der Waals surface area contributed by atoms with Gasteiger partial charge in [0.15, 0.2) is 5.78 Å². The molecule has 0 atom stereocenters. The van der Waals surface area contributed by atoms with Crippen molar-refractivity contribution >= 4 is 32.5 Å². The number of rotatable bonds is 2. The van der Waals surface area contributed by atoms with Crippen LogP contribution in [0.15, 0.2) is 65.1 Å². The second-order valence-corrected chi connectivity index (χ2v) is 5.34. The molecule has 0 heterocycles. The first-order chi connectivity index (χ1) is 9.66. The van der Waals surface area contributed by atoms with Crippen molar-refractivity contribution in [3.8, 4) is 0 Å². The highest BCUT2D eigenvalue weighted by atomic mass is 79.9. The van der Waals surface area contributed by atoms with Gasteiger partial charge in [-0.1, -0.05) is 42.5 Å². The van der Waals surface area contributed by atoms with Gasteiger partial charge in [0, 0.05) is 11.1 Å². The summed E-state index contributed by atoms with van der Waals surface area (Å²) >= 11 is 3.11. The first-order valence-electron chi connectivity index (χ1n) is 6.14. The van der Waals surface area contributed by atoms with E-state index in [2.05, 4.69) is 15.9 Å². The summed E-state index contributed by atoms with van der Waals surface area (Å²) in [6.07, 6.45) is 0. The van der Waals surface area contributed by atoms with Gasteiger partial charge in [0.1, 0.15) is 5.82 Å². The average Bonchev–Trinajstić information content (AvgIpc) is 2.49. The Morgan fingerprint density at radius 3 is 2.50 bits per heavy atom. The molecule has 0 radical (unpaired) electrons. The Balaban J connectivity index is 2.15. The standard InChI is InChI=1S/C17H10BrFO/c18-15-10-12(8-9-16(15)19)17(20)14-7-3-5-11-4-1-2-6-13(11)14/h1-10H. The van der Waals surface area contributed by atoms with Gasteiger partial charge in [0.25, 0.3) is 0 Å². The van der Waals surface area contributed by atoms with E-state index >= 15 is 0 Å². The highest BCUT2D eigenvalue weighted by molar-refractivity contribution is 9.10. The smallest absolute Gasteiger partial charge is 0.193 e. The van der Waals surface area contributed by atoms with E-state index in [1.165, 1.54) is 18.2 Å². The Morgan fingerprint density at radius 2 is 1.70 bits per heavy atom. The van der Waals surface area contributed by atoms with Crippen LogP contribution in [-0.4, -0.2) is 5.78 Å². The Hall–Kier alpha value is -2.00. The highest BCUT2D eigenvalue weighted by Crippen LogP contribution is 2.23. The maximum atomic E-state index is 13.3. The van der Waals surface area contributed by atoms with Crippen molar-refractivity contribution in [2.24, 2.45) is 0 Å². The Bertz CT molecular complexity index is 806. The summed E-state index contributed by atoms with van der Waals surface area (Å²) < 4.78 is 13.6. The predicted molar refractivity (Wildman–Crippen MR) is 81.5 cm³/mol. The minimum atomic E-state index is -0.375. The molecule has 3 heteroatoms. The number of benzene rings is 3. The molecule has 0 aliphatic heterocycles. The fraction of sp³-hybridized carbons (Fsp3) is 0. The third-order valence-electron chi connectivity index (χ3n) is 3.22. The number of hydrogen-bond donors (Lipinski definition) is 0. The summed E-state index contributed by atoms with van der Waals surface area (Å²) in [6.45, 7) is 0. The summed E-state index contributed by atoms with van der Waals surface area (Å²) in [5.74, 6) is -0.484. The minimum absolute atomic E-state index is 0.109. The summed E-state index contributed by atoms with van der Waals surface area (Å²) in [7, 11) is 0. The van der Waals surface area contributed by atoms with Crippen LogP contribution < -0.4 is 0 Å². The Kier molecular flexibility index (Phi) is 3.36. The molecule has 3 rings (SSSR count). The molecule has 0 amide bonds. The first-order valence-corrected chi connectivity index (χ1v) is 6.93. The maximum Gasteiger partial charge on any atom is 0.193 e. The maximum absolute atomic E-state index is 13.3. The van der Waals surface area contributed by atoms with Crippen LogP contribution in [-0.2, 0) is 0 Å². The van der Waals surface area contributed by atoms with E-state index in [1.54, 1.807) is 6.07 Å². The van der Waals surface area contributed by atoms with Gasteiger partial charge in [-0.15, -0.1) is 0 Å². The lowest BCUT2D eigenvalue weighted by Crippen LogP contribution is -2.02. The molecule has 0 bridgehead atoms. The topological polar surface area (TPSA) is 17.1 Å². The zero-order valence-corrected chi connectivity index (χ0v) is 12.0. The molecule has 0 fully saturated rings. The van der Waals surface area contributed by atoms with E-state index in [0.717, 1.165) is 10.8 Å². The summed E-state index contributed by atoms with van der Waals surface area (Å²) in [6, 6.07) is 17.6. The predicted octanol–water partition coefficient (Wildman–Crippen LogP) is 4.97. The van der Waals surface area contributed by atoms with E-state index in [0.29, 0.717) is 15.6 Å². The molecule has 0 unspecified atom stereocenters. The molecular formula is C17H10BrFO. The molecular weight excluding hydrogens is 319 g/mol. The van der Waals surface area contributed by atoms with Gasteiger partial charge in [0.05, 0.1) is 4.47 Å². The van der Waals surface area contributed by atoms with Crippen LogP contribution in [0.5, 0.6) is 0 Å². The van der Waals surface area contributed by atoms with Crippen molar-refractivity contribution in [3.05, 3.63) is 82.1 Å². The molecule has 0 spiro atoms. The third-order valence-corrected chi connectivity index (χ3v) is 3.82. The van der Waals surface area contributed by atoms with Crippen molar-refractivity contribution in [1.29, 1.82) is 0 Å².